The first kappa shape index (κ1) is 13.8. The minimum absolute atomic E-state index is 0.0568. The molecule has 1 fully saturated rings. The van der Waals surface area contributed by atoms with E-state index in [9.17, 15) is 8.42 Å². The van der Waals surface area contributed by atoms with Crippen LogP contribution in [0.4, 0.5) is 0 Å². The maximum absolute atomic E-state index is 11.6. The Morgan fingerprint density at radius 2 is 2.06 bits per heavy atom. The van der Waals surface area contributed by atoms with Gasteiger partial charge in [0.05, 0.1) is 17.4 Å². The molecule has 0 saturated carbocycles. The van der Waals surface area contributed by atoms with Crippen molar-refractivity contribution in [2.24, 2.45) is 0 Å². The summed E-state index contributed by atoms with van der Waals surface area (Å²) in [5, 5.41) is 8.24. The van der Waals surface area contributed by atoms with Crippen molar-refractivity contribution in [1.29, 1.82) is 0 Å². The van der Waals surface area contributed by atoms with Crippen LogP contribution in [-0.2, 0) is 21.3 Å². The van der Waals surface area contributed by atoms with Gasteiger partial charge in [0.15, 0.2) is 9.84 Å². The summed E-state index contributed by atoms with van der Waals surface area (Å²) in [7, 11) is -2.92. The van der Waals surface area contributed by atoms with Crippen LogP contribution in [-0.4, -0.2) is 34.7 Å². The molecule has 2 heterocycles. The predicted octanol–water partition coefficient (Wildman–Crippen LogP) is 1.67. The minimum atomic E-state index is -2.92. The average molecular weight is 292 g/mol. The quantitative estimate of drug-likeness (QED) is 0.778. The van der Waals surface area contributed by atoms with Crippen molar-refractivity contribution in [3.8, 4) is 0 Å². The van der Waals surface area contributed by atoms with E-state index in [2.05, 4.69) is 10.2 Å². The van der Waals surface area contributed by atoms with Crippen LogP contribution >= 0.6 is 11.6 Å². The zero-order chi connectivity index (χ0) is 13.6. The summed E-state index contributed by atoms with van der Waals surface area (Å²) in [4.78, 5) is 0. The molecule has 7 heteroatoms. The molecule has 18 heavy (non-hydrogen) atoms. The number of hydrogen-bond acceptors (Lipinski definition) is 4. The Labute approximate surface area is 112 Å². The van der Waals surface area contributed by atoms with Gasteiger partial charge in [0.1, 0.15) is 11.6 Å². The molecule has 0 spiro atoms. The Morgan fingerprint density at radius 1 is 1.39 bits per heavy atom. The van der Waals surface area contributed by atoms with E-state index in [1.54, 1.807) is 0 Å². The van der Waals surface area contributed by atoms with Gasteiger partial charge in [0.25, 0.3) is 0 Å². The van der Waals surface area contributed by atoms with Gasteiger partial charge in [-0.3, -0.25) is 0 Å². The lowest BCUT2D eigenvalue weighted by molar-refractivity contribution is 0.365. The van der Waals surface area contributed by atoms with E-state index >= 15 is 0 Å². The van der Waals surface area contributed by atoms with Gasteiger partial charge in [-0.25, -0.2) is 8.42 Å². The van der Waals surface area contributed by atoms with Crippen LogP contribution < -0.4 is 0 Å². The van der Waals surface area contributed by atoms with Gasteiger partial charge in [-0.2, -0.15) is 0 Å². The zero-order valence-electron chi connectivity index (χ0n) is 10.9. The maximum atomic E-state index is 11.6. The van der Waals surface area contributed by atoms with E-state index in [1.165, 1.54) is 0 Å². The molecule has 1 unspecified atom stereocenters. The second-order valence-electron chi connectivity index (χ2n) is 5.71. The molecule has 0 amide bonds. The average Bonchev–Trinajstić information content (AvgIpc) is 2.79. The van der Waals surface area contributed by atoms with Crippen LogP contribution in [0.2, 0.25) is 0 Å². The molecule has 0 N–H and O–H groups in total. The lowest BCUT2D eigenvalue weighted by atomic mass is 10.0. The first-order chi connectivity index (χ1) is 8.24. The highest BCUT2D eigenvalue weighted by Crippen LogP contribution is 2.31. The van der Waals surface area contributed by atoms with Gasteiger partial charge < -0.3 is 4.57 Å². The first-order valence-electron chi connectivity index (χ1n) is 5.95. The molecule has 1 aromatic rings. The molecule has 5 nitrogen and oxygen atoms in total. The normalized spacial score (nSPS) is 23.4. The molecule has 0 aromatic carbocycles. The van der Waals surface area contributed by atoms with Gasteiger partial charge in [-0.1, -0.05) is 0 Å². The van der Waals surface area contributed by atoms with Crippen molar-refractivity contribution < 1.29 is 8.42 Å². The smallest absolute Gasteiger partial charge is 0.151 e. The monoisotopic (exact) mass is 291 g/mol. The van der Waals surface area contributed by atoms with E-state index in [-0.39, 0.29) is 28.8 Å². The second-order valence-corrected chi connectivity index (χ2v) is 8.21. The van der Waals surface area contributed by atoms with E-state index in [4.69, 9.17) is 11.6 Å². The fourth-order valence-corrected chi connectivity index (χ4v) is 4.32. The third-order valence-electron chi connectivity index (χ3n) is 3.14. The summed E-state index contributed by atoms with van der Waals surface area (Å²) in [5.41, 5.74) is -0.199. The van der Waals surface area contributed by atoms with E-state index < -0.39 is 9.84 Å². The van der Waals surface area contributed by atoms with Crippen molar-refractivity contribution >= 4 is 21.4 Å². The molecule has 1 atom stereocenters. The molecule has 0 radical (unpaired) electrons. The highest BCUT2D eigenvalue weighted by atomic mass is 35.5. The van der Waals surface area contributed by atoms with Gasteiger partial charge in [-0.15, -0.1) is 21.8 Å². The first-order valence-corrected chi connectivity index (χ1v) is 8.31. The van der Waals surface area contributed by atoms with E-state index in [1.807, 2.05) is 25.3 Å². The highest BCUT2D eigenvalue weighted by Gasteiger charge is 2.35. The molecule has 2 rings (SSSR count). The van der Waals surface area contributed by atoms with Crippen molar-refractivity contribution in [3.05, 3.63) is 11.6 Å². The van der Waals surface area contributed by atoms with Crippen molar-refractivity contribution in [2.45, 2.75) is 44.5 Å². The van der Waals surface area contributed by atoms with Gasteiger partial charge in [0, 0.05) is 11.5 Å². The Kier molecular flexibility index (Phi) is 3.44. The molecule has 0 bridgehead atoms. The van der Waals surface area contributed by atoms with E-state index in [0.29, 0.717) is 12.2 Å². The zero-order valence-corrected chi connectivity index (χ0v) is 12.4. The molecule has 1 aliphatic rings. The van der Waals surface area contributed by atoms with Crippen molar-refractivity contribution in [2.75, 3.05) is 11.5 Å². The van der Waals surface area contributed by atoms with E-state index in [0.717, 1.165) is 5.82 Å². The number of nitrogens with zero attached hydrogens (tertiary/aromatic N) is 3. The number of hydrogen-bond donors (Lipinski definition) is 0. The van der Waals surface area contributed by atoms with Gasteiger partial charge in [-0.05, 0) is 27.2 Å². The Balaban J connectivity index is 2.44. The number of rotatable bonds is 2. The summed E-state index contributed by atoms with van der Waals surface area (Å²) in [6.45, 7) is 6.12. The van der Waals surface area contributed by atoms with Crippen molar-refractivity contribution in [3.63, 3.8) is 0 Å². The largest absolute Gasteiger partial charge is 0.308 e. The maximum Gasteiger partial charge on any atom is 0.151 e. The fraction of sp³-hybridized carbons (Fsp3) is 0.818. The van der Waals surface area contributed by atoms with Crippen LogP contribution in [0.5, 0.6) is 0 Å². The van der Waals surface area contributed by atoms with Crippen molar-refractivity contribution in [1.82, 2.24) is 14.8 Å². The highest BCUT2D eigenvalue weighted by molar-refractivity contribution is 7.91. The van der Waals surface area contributed by atoms with Crippen LogP contribution in [0, 0.1) is 0 Å². The molecule has 0 aliphatic carbocycles. The van der Waals surface area contributed by atoms with Crippen LogP contribution in [0.15, 0.2) is 0 Å². The molecule has 1 aromatic heterocycles. The predicted molar refractivity (Wildman–Crippen MR) is 70.6 cm³/mol. The number of sulfone groups is 1. The van der Waals surface area contributed by atoms with Crippen LogP contribution in [0.1, 0.15) is 44.8 Å². The molecular formula is C11H18ClN3O2S. The summed E-state index contributed by atoms with van der Waals surface area (Å²) < 4.78 is 25.1. The SMILES string of the molecule is CC(C)(C)n1c(CCl)nnc1C1CCS(=O)(=O)C1. The Bertz CT molecular complexity index is 545. The molecule has 102 valence electrons. The molecule has 1 saturated heterocycles. The summed E-state index contributed by atoms with van der Waals surface area (Å²) in [6.07, 6.45) is 0.624. The Morgan fingerprint density at radius 3 is 2.50 bits per heavy atom. The standard InChI is InChI=1S/C11H18ClN3O2S/c1-11(2,3)15-9(6-12)13-14-10(15)8-4-5-18(16,17)7-8/h8H,4-7H2,1-3H3. The van der Waals surface area contributed by atoms with Crippen LogP contribution in [0.25, 0.3) is 0 Å². The fourth-order valence-electron chi connectivity index (χ4n) is 2.41. The topological polar surface area (TPSA) is 64.8 Å². The lowest BCUT2D eigenvalue weighted by Gasteiger charge is -2.26. The minimum Gasteiger partial charge on any atom is -0.308 e. The number of halogens is 1. The Hall–Kier alpha value is -0.620. The third kappa shape index (κ3) is 2.54. The number of alkyl halides is 1. The lowest BCUT2D eigenvalue weighted by Crippen LogP contribution is -2.27. The third-order valence-corrected chi connectivity index (χ3v) is 5.15. The van der Waals surface area contributed by atoms with Gasteiger partial charge >= 0.3 is 0 Å². The van der Waals surface area contributed by atoms with Crippen LogP contribution in [0.3, 0.4) is 0 Å². The second kappa shape index (κ2) is 4.49. The summed E-state index contributed by atoms with van der Waals surface area (Å²) in [5.74, 6) is 2.08. The summed E-state index contributed by atoms with van der Waals surface area (Å²) >= 11 is 5.87. The molecule has 1 aliphatic heterocycles. The molecular weight excluding hydrogens is 274 g/mol. The summed E-state index contributed by atoms with van der Waals surface area (Å²) in [6, 6.07) is 0. The van der Waals surface area contributed by atoms with Gasteiger partial charge in [0.2, 0.25) is 0 Å². The number of aromatic nitrogens is 3.